The maximum absolute atomic E-state index is 11.6. The molecule has 1 aliphatic heterocycles. The van der Waals surface area contributed by atoms with Gasteiger partial charge in [0.05, 0.1) is 17.7 Å². The van der Waals surface area contributed by atoms with Crippen LogP contribution in [0.4, 0.5) is 0 Å². The summed E-state index contributed by atoms with van der Waals surface area (Å²) in [5.41, 5.74) is 0.253. The molecule has 4 heteroatoms. The lowest BCUT2D eigenvalue weighted by Crippen LogP contribution is -2.62. The summed E-state index contributed by atoms with van der Waals surface area (Å²) in [6, 6.07) is 0. The van der Waals surface area contributed by atoms with Gasteiger partial charge in [0.15, 0.2) is 5.90 Å². The highest BCUT2D eigenvalue weighted by Crippen LogP contribution is 2.69. The van der Waals surface area contributed by atoms with E-state index in [2.05, 4.69) is 41.5 Å². The van der Waals surface area contributed by atoms with Gasteiger partial charge < -0.3 is 14.9 Å². The van der Waals surface area contributed by atoms with Gasteiger partial charge in [0.1, 0.15) is 6.61 Å². The van der Waals surface area contributed by atoms with E-state index in [0.717, 1.165) is 37.0 Å². The highest BCUT2D eigenvalue weighted by molar-refractivity contribution is 5.82. The van der Waals surface area contributed by atoms with E-state index in [1.54, 1.807) is 0 Å². The van der Waals surface area contributed by atoms with Crippen molar-refractivity contribution in [1.29, 1.82) is 0 Å². The van der Waals surface area contributed by atoms with Crippen LogP contribution in [0.25, 0.3) is 0 Å². The average Bonchev–Trinajstić information content (AvgIpc) is 3.27. The second-order valence-electron chi connectivity index (χ2n) is 13.5. The minimum atomic E-state index is -0.313. The number of hydrogen-bond donors (Lipinski definition) is 2. The van der Waals surface area contributed by atoms with Gasteiger partial charge in [-0.05, 0) is 105 Å². The third-order valence-electron chi connectivity index (χ3n) is 11.5. The zero-order valence-corrected chi connectivity index (χ0v) is 21.3. The molecule has 32 heavy (non-hydrogen) atoms. The van der Waals surface area contributed by atoms with Gasteiger partial charge in [-0.15, -0.1) is 0 Å². The van der Waals surface area contributed by atoms with Crippen molar-refractivity contribution in [2.24, 2.45) is 57.2 Å². The van der Waals surface area contributed by atoms with Crippen LogP contribution in [-0.2, 0) is 4.74 Å². The molecule has 0 bridgehead atoms. The Labute approximate surface area is 195 Å². The lowest BCUT2D eigenvalue weighted by Gasteiger charge is -2.64. The van der Waals surface area contributed by atoms with Gasteiger partial charge in [-0.3, -0.25) is 0 Å². The Balaban J connectivity index is 1.51. The summed E-state index contributed by atoms with van der Waals surface area (Å²) in [4.78, 5) is 5.02. The third kappa shape index (κ3) is 3.25. The molecule has 5 rings (SSSR count). The van der Waals surface area contributed by atoms with Crippen LogP contribution < -0.4 is 0 Å². The van der Waals surface area contributed by atoms with E-state index in [4.69, 9.17) is 9.73 Å². The topological polar surface area (TPSA) is 62.0 Å². The van der Waals surface area contributed by atoms with Crippen molar-refractivity contribution in [2.45, 2.75) is 111 Å². The number of nitrogens with zero attached hydrogens (tertiary/aromatic N) is 1. The molecule has 5 aliphatic rings. The Morgan fingerprint density at radius 2 is 1.78 bits per heavy atom. The zero-order chi connectivity index (χ0) is 23.1. The summed E-state index contributed by atoms with van der Waals surface area (Å²) in [6.07, 6.45) is 8.24. The quantitative estimate of drug-likeness (QED) is 0.607. The van der Waals surface area contributed by atoms with E-state index >= 15 is 0 Å². The van der Waals surface area contributed by atoms with Crippen molar-refractivity contribution in [2.75, 3.05) is 6.61 Å². The molecule has 4 saturated carbocycles. The molecule has 1 heterocycles. The number of hydrogen-bond acceptors (Lipinski definition) is 4. The molecule has 0 saturated heterocycles. The van der Waals surface area contributed by atoms with Gasteiger partial charge in [-0.2, -0.15) is 0 Å². The normalized spacial score (nSPS) is 52.9. The van der Waals surface area contributed by atoms with Gasteiger partial charge in [0, 0.05) is 5.92 Å². The molecule has 2 N–H and O–H groups in total. The Morgan fingerprint density at radius 1 is 1.03 bits per heavy atom. The van der Waals surface area contributed by atoms with Crippen LogP contribution in [-0.4, -0.2) is 40.5 Å². The molecule has 0 amide bonds. The lowest BCUT2D eigenvalue weighted by atomic mass is 9.41. The summed E-state index contributed by atoms with van der Waals surface area (Å²) in [6.45, 7) is 14.8. The maximum Gasteiger partial charge on any atom is 0.187 e. The highest BCUT2D eigenvalue weighted by atomic mass is 16.5. The Kier molecular flexibility index (Phi) is 5.57. The van der Waals surface area contributed by atoms with E-state index in [0.29, 0.717) is 35.7 Å². The Morgan fingerprint density at radius 3 is 2.44 bits per heavy atom. The van der Waals surface area contributed by atoms with Gasteiger partial charge in [-0.1, -0.05) is 34.1 Å². The number of ether oxygens (including phenoxy) is 1. The van der Waals surface area contributed by atoms with E-state index in [9.17, 15) is 10.2 Å². The van der Waals surface area contributed by atoms with Crippen LogP contribution in [0.2, 0.25) is 0 Å². The van der Waals surface area contributed by atoms with Gasteiger partial charge in [0.25, 0.3) is 0 Å². The number of aliphatic imine (C=N–C) groups is 1. The number of aliphatic hydroxyl groups is 2. The SMILES string of the molecule is CC[C@@H](C)[C@H]1CC[C@H]2[C@@H]3[C@@H](O)C[C@@H]4C[C@H](O)CC(C5=NC(C)(C)CO5)[C@]4(C)[C@H]3CC[C@]12C. The summed E-state index contributed by atoms with van der Waals surface area (Å²) < 4.78 is 6.22. The summed E-state index contributed by atoms with van der Waals surface area (Å²) in [5.74, 6) is 4.49. The predicted molar refractivity (Wildman–Crippen MR) is 128 cm³/mol. The van der Waals surface area contributed by atoms with Gasteiger partial charge in [0.2, 0.25) is 0 Å². The lowest BCUT2D eigenvalue weighted by molar-refractivity contribution is -0.186. The molecule has 0 aromatic rings. The molecule has 0 spiro atoms. The fourth-order valence-corrected chi connectivity index (χ4v) is 9.72. The van der Waals surface area contributed by atoms with Crippen LogP contribution >= 0.6 is 0 Å². The largest absolute Gasteiger partial charge is 0.478 e. The summed E-state index contributed by atoms with van der Waals surface area (Å²) in [5, 5.41) is 22.4. The molecule has 1 unspecified atom stereocenters. The van der Waals surface area contributed by atoms with Crippen LogP contribution in [0.3, 0.4) is 0 Å². The molecular formula is C28H47NO3. The first-order valence-electron chi connectivity index (χ1n) is 13.6. The molecule has 0 aromatic heterocycles. The second kappa shape index (κ2) is 7.70. The van der Waals surface area contributed by atoms with Crippen molar-refractivity contribution < 1.29 is 14.9 Å². The average molecular weight is 446 g/mol. The monoisotopic (exact) mass is 445 g/mol. The number of fused-ring (bicyclic) bond motifs is 5. The fraction of sp³-hybridized carbons (Fsp3) is 0.964. The summed E-state index contributed by atoms with van der Waals surface area (Å²) >= 11 is 0. The van der Waals surface area contributed by atoms with Crippen molar-refractivity contribution in [3.05, 3.63) is 0 Å². The van der Waals surface area contributed by atoms with Crippen LogP contribution in [0.1, 0.15) is 92.9 Å². The Hall–Kier alpha value is -0.610. The predicted octanol–water partition coefficient (Wildman–Crippen LogP) is 5.46. The molecule has 11 atom stereocenters. The van der Waals surface area contributed by atoms with Crippen LogP contribution in [0, 0.1) is 52.3 Å². The van der Waals surface area contributed by atoms with Gasteiger partial charge >= 0.3 is 0 Å². The van der Waals surface area contributed by atoms with Crippen LogP contribution in [0.15, 0.2) is 4.99 Å². The maximum atomic E-state index is 11.6. The molecule has 4 aliphatic carbocycles. The third-order valence-corrected chi connectivity index (χ3v) is 11.5. The molecule has 182 valence electrons. The Bertz CT molecular complexity index is 764. The van der Waals surface area contributed by atoms with Crippen LogP contribution in [0.5, 0.6) is 0 Å². The molecule has 4 nitrogen and oxygen atoms in total. The van der Waals surface area contributed by atoms with Crippen molar-refractivity contribution in [1.82, 2.24) is 0 Å². The molecule has 0 radical (unpaired) electrons. The smallest absolute Gasteiger partial charge is 0.187 e. The van der Waals surface area contributed by atoms with E-state index in [1.165, 1.54) is 32.1 Å². The minimum absolute atomic E-state index is 0.0537. The van der Waals surface area contributed by atoms with E-state index in [-0.39, 0.29) is 29.1 Å². The number of aliphatic hydroxyl groups excluding tert-OH is 2. The van der Waals surface area contributed by atoms with Crippen molar-refractivity contribution in [3.63, 3.8) is 0 Å². The number of rotatable bonds is 3. The first-order valence-corrected chi connectivity index (χ1v) is 13.6. The second-order valence-corrected chi connectivity index (χ2v) is 13.5. The van der Waals surface area contributed by atoms with Crippen molar-refractivity contribution in [3.8, 4) is 0 Å². The fourth-order valence-electron chi connectivity index (χ4n) is 9.72. The highest BCUT2D eigenvalue weighted by Gasteiger charge is 2.65. The minimum Gasteiger partial charge on any atom is -0.478 e. The van der Waals surface area contributed by atoms with E-state index < -0.39 is 0 Å². The summed E-state index contributed by atoms with van der Waals surface area (Å²) in [7, 11) is 0. The molecular weight excluding hydrogens is 398 g/mol. The van der Waals surface area contributed by atoms with Gasteiger partial charge in [-0.25, -0.2) is 4.99 Å². The molecule has 0 aromatic carbocycles. The standard InChI is InChI=1S/C28H47NO3/c1-7-16(2)19-8-9-20-24-21(10-11-27(19,20)5)28(6)17(13-23(24)31)12-18(30)14-22(28)25-29-26(3,4)15-32-25/h16-24,30-31H,7-15H2,1-6H3/t16-,17+,18+,19-,20+,21+,22?,23+,24+,27-,28+/m1/s1. The van der Waals surface area contributed by atoms with E-state index in [1.807, 2.05) is 0 Å². The first kappa shape index (κ1) is 23.1. The van der Waals surface area contributed by atoms with Crippen molar-refractivity contribution >= 4 is 5.90 Å². The zero-order valence-electron chi connectivity index (χ0n) is 21.3. The molecule has 4 fully saturated rings. The first-order chi connectivity index (χ1) is 15.0.